The van der Waals surface area contributed by atoms with E-state index < -0.39 is 0 Å². The van der Waals surface area contributed by atoms with Crippen molar-refractivity contribution in [1.82, 2.24) is 0 Å². The minimum absolute atomic E-state index is 0.275. The third kappa shape index (κ3) is 2.48. The largest absolute Gasteiger partial charge is 0.373 e. The Bertz CT molecular complexity index is 336. The summed E-state index contributed by atoms with van der Waals surface area (Å²) in [7, 11) is 0. The van der Waals surface area contributed by atoms with Gasteiger partial charge in [-0.15, -0.1) is 0 Å². The second kappa shape index (κ2) is 4.63. The molecule has 0 radical (unpaired) electrons. The minimum atomic E-state index is 0.275. The van der Waals surface area contributed by atoms with Crippen LogP contribution in [0.1, 0.15) is 31.7 Å². The van der Waals surface area contributed by atoms with Crippen molar-refractivity contribution in [3.63, 3.8) is 0 Å². The van der Waals surface area contributed by atoms with Crippen LogP contribution in [0.15, 0.2) is 42.0 Å². The smallest absolute Gasteiger partial charge is 0.0827 e. The van der Waals surface area contributed by atoms with E-state index in [1.165, 1.54) is 11.1 Å². The average molecular weight is 202 g/mol. The Hall–Kier alpha value is -1.08. The van der Waals surface area contributed by atoms with Crippen LogP contribution in [0.2, 0.25) is 0 Å². The lowest BCUT2D eigenvalue weighted by molar-refractivity contribution is 0.138. The fourth-order valence-corrected chi connectivity index (χ4v) is 2.16. The summed E-state index contributed by atoms with van der Waals surface area (Å²) in [6.45, 7) is 5.14. The van der Waals surface area contributed by atoms with Gasteiger partial charge in [-0.05, 0) is 25.8 Å². The Morgan fingerprint density at radius 3 is 2.67 bits per heavy atom. The molecular formula is C14H18O. The van der Waals surface area contributed by atoms with E-state index in [-0.39, 0.29) is 6.10 Å². The molecule has 2 rings (SSSR count). The van der Waals surface area contributed by atoms with Gasteiger partial charge in [-0.25, -0.2) is 0 Å². The zero-order valence-electron chi connectivity index (χ0n) is 9.44. The molecular weight excluding hydrogens is 184 g/mol. The Kier molecular flexibility index (Phi) is 3.22. The summed E-state index contributed by atoms with van der Waals surface area (Å²) in [5, 5.41) is 0. The third-order valence-corrected chi connectivity index (χ3v) is 2.86. The first-order chi connectivity index (χ1) is 7.27. The minimum Gasteiger partial charge on any atom is -0.373 e. The number of hydrogen-bond donors (Lipinski definition) is 0. The maximum Gasteiger partial charge on any atom is 0.0827 e. The summed E-state index contributed by atoms with van der Waals surface area (Å²) in [5.41, 5.74) is 2.74. The molecule has 0 aliphatic carbocycles. The third-order valence-electron chi connectivity index (χ3n) is 2.86. The van der Waals surface area contributed by atoms with Gasteiger partial charge in [0.05, 0.1) is 6.10 Å². The monoisotopic (exact) mass is 202 g/mol. The molecule has 0 N–H and O–H groups in total. The molecule has 0 amide bonds. The molecule has 1 heterocycles. The van der Waals surface area contributed by atoms with Crippen LogP contribution < -0.4 is 0 Å². The van der Waals surface area contributed by atoms with Crippen LogP contribution in [-0.2, 0) is 4.74 Å². The summed E-state index contributed by atoms with van der Waals surface area (Å²) in [6, 6.07) is 10.7. The van der Waals surface area contributed by atoms with Crippen LogP contribution in [-0.4, -0.2) is 12.7 Å². The van der Waals surface area contributed by atoms with Gasteiger partial charge in [-0.1, -0.05) is 42.0 Å². The lowest BCUT2D eigenvalue weighted by Gasteiger charge is -2.15. The highest BCUT2D eigenvalue weighted by Gasteiger charge is 2.27. The van der Waals surface area contributed by atoms with Gasteiger partial charge in [0.2, 0.25) is 0 Å². The standard InChI is InChI=1S/C14H18O/c1-11(2)10-14-13(8-9-15-14)12-6-4-3-5-7-12/h3-7,10,13-14H,8-9H2,1-2H3/t13-,14-/m0/s1. The molecule has 1 aliphatic rings. The molecule has 0 saturated carbocycles. The van der Waals surface area contributed by atoms with Gasteiger partial charge in [0, 0.05) is 12.5 Å². The lowest BCUT2D eigenvalue weighted by atomic mass is 9.92. The molecule has 1 heteroatoms. The number of allylic oxidation sites excluding steroid dienone is 1. The number of rotatable bonds is 2. The van der Waals surface area contributed by atoms with E-state index in [2.05, 4.69) is 50.3 Å². The Balaban J connectivity index is 2.19. The predicted molar refractivity (Wildman–Crippen MR) is 63.0 cm³/mol. The van der Waals surface area contributed by atoms with E-state index >= 15 is 0 Å². The molecule has 0 spiro atoms. The molecule has 2 atom stereocenters. The first-order valence-corrected chi connectivity index (χ1v) is 5.59. The zero-order chi connectivity index (χ0) is 10.7. The van der Waals surface area contributed by atoms with Gasteiger partial charge in [0.25, 0.3) is 0 Å². The van der Waals surface area contributed by atoms with E-state index in [0.29, 0.717) is 5.92 Å². The topological polar surface area (TPSA) is 9.23 Å². The molecule has 0 aromatic heterocycles. The van der Waals surface area contributed by atoms with Crippen molar-refractivity contribution < 1.29 is 4.74 Å². The number of ether oxygens (including phenoxy) is 1. The fraction of sp³-hybridized carbons (Fsp3) is 0.429. The highest BCUT2D eigenvalue weighted by atomic mass is 16.5. The molecule has 0 bridgehead atoms. The van der Waals surface area contributed by atoms with Crippen LogP contribution >= 0.6 is 0 Å². The van der Waals surface area contributed by atoms with Gasteiger partial charge < -0.3 is 4.74 Å². The fourth-order valence-electron chi connectivity index (χ4n) is 2.16. The summed E-state index contributed by atoms with van der Waals surface area (Å²) in [6.07, 6.45) is 3.65. The van der Waals surface area contributed by atoms with Gasteiger partial charge in [-0.2, -0.15) is 0 Å². The summed E-state index contributed by atoms with van der Waals surface area (Å²) in [5.74, 6) is 0.543. The van der Waals surface area contributed by atoms with E-state index in [1.54, 1.807) is 0 Å². The van der Waals surface area contributed by atoms with E-state index in [9.17, 15) is 0 Å². The van der Waals surface area contributed by atoms with Crippen molar-refractivity contribution in [2.45, 2.75) is 32.3 Å². The van der Waals surface area contributed by atoms with E-state index in [0.717, 1.165) is 13.0 Å². The molecule has 1 aromatic rings. The van der Waals surface area contributed by atoms with Crippen molar-refractivity contribution in [3.8, 4) is 0 Å². The van der Waals surface area contributed by atoms with Crippen LogP contribution in [0, 0.1) is 0 Å². The second-order valence-corrected chi connectivity index (χ2v) is 4.39. The molecule has 0 unspecified atom stereocenters. The lowest BCUT2D eigenvalue weighted by Crippen LogP contribution is -2.11. The van der Waals surface area contributed by atoms with Gasteiger partial charge >= 0.3 is 0 Å². The summed E-state index contributed by atoms with van der Waals surface area (Å²) < 4.78 is 5.75. The van der Waals surface area contributed by atoms with Gasteiger partial charge in [0.1, 0.15) is 0 Å². The number of benzene rings is 1. The van der Waals surface area contributed by atoms with Crippen molar-refractivity contribution >= 4 is 0 Å². The highest BCUT2D eigenvalue weighted by Crippen LogP contribution is 2.32. The quantitative estimate of drug-likeness (QED) is 0.667. The summed E-state index contributed by atoms with van der Waals surface area (Å²) >= 11 is 0. The maximum atomic E-state index is 5.75. The maximum absolute atomic E-state index is 5.75. The van der Waals surface area contributed by atoms with Crippen molar-refractivity contribution in [2.24, 2.45) is 0 Å². The molecule has 1 nitrogen and oxygen atoms in total. The number of hydrogen-bond acceptors (Lipinski definition) is 1. The van der Waals surface area contributed by atoms with Gasteiger partial charge in [0.15, 0.2) is 0 Å². The molecule has 1 saturated heterocycles. The van der Waals surface area contributed by atoms with E-state index in [4.69, 9.17) is 4.74 Å². The van der Waals surface area contributed by atoms with Crippen molar-refractivity contribution in [2.75, 3.05) is 6.61 Å². The Morgan fingerprint density at radius 1 is 1.27 bits per heavy atom. The first-order valence-electron chi connectivity index (χ1n) is 5.59. The second-order valence-electron chi connectivity index (χ2n) is 4.39. The zero-order valence-corrected chi connectivity index (χ0v) is 9.44. The molecule has 15 heavy (non-hydrogen) atoms. The van der Waals surface area contributed by atoms with E-state index in [1.807, 2.05) is 0 Å². The molecule has 80 valence electrons. The van der Waals surface area contributed by atoms with Crippen LogP contribution in [0.5, 0.6) is 0 Å². The van der Waals surface area contributed by atoms with Crippen LogP contribution in [0.4, 0.5) is 0 Å². The summed E-state index contributed by atoms with van der Waals surface area (Å²) in [4.78, 5) is 0. The van der Waals surface area contributed by atoms with Crippen LogP contribution in [0.3, 0.4) is 0 Å². The van der Waals surface area contributed by atoms with Crippen molar-refractivity contribution in [1.29, 1.82) is 0 Å². The molecule has 1 aliphatic heterocycles. The van der Waals surface area contributed by atoms with Gasteiger partial charge in [-0.3, -0.25) is 0 Å². The Labute approximate surface area is 91.8 Å². The SMILES string of the molecule is CC(C)=C[C@@H]1OCC[C@H]1c1ccccc1. The van der Waals surface area contributed by atoms with Crippen LogP contribution in [0.25, 0.3) is 0 Å². The average Bonchev–Trinajstić information content (AvgIpc) is 2.66. The molecule has 1 fully saturated rings. The normalized spacial score (nSPS) is 25.2. The van der Waals surface area contributed by atoms with Crippen molar-refractivity contribution in [3.05, 3.63) is 47.5 Å². The molecule has 1 aromatic carbocycles. The first kappa shape index (κ1) is 10.4. The highest BCUT2D eigenvalue weighted by molar-refractivity contribution is 5.24. The predicted octanol–water partition coefficient (Wildman–Crippen LogP) is 3.53. The Morgan fingerprint density at radius 2 is 2.00 bits per heavy atom.